The molecule has 1 aliphatic heterocycles. The molecule has 2 aromatic rings. The molecule has 2 N–H and O–H groups in total. The van der Waals surface area contributed by atoms with Crippen molar-refractivity contribution in [1.29, 1.82) is 0 Å². The number of rotatable bonds is 3. The second-order valence-electron chi connectivity index (χ2n) is 7.77. The third-order valence-electron chi connectivity index (χ3n) is 5.86. The molecule has 1 heterocycles. The van der Waals surface area contributed by atoms with Crippen molar-refractivity contribution < 1.29 is 5.11 Å². The molecule has 3 heteroatoms. The lowest BCUT2D eigenvalue weighted by molar-refractivity contribution is 0.249. The third kappa shape index (κ3) is 3.68. The number of phenols is 1. The summed E-state index contributed by atoms with van der Waals surface area (Å²) in [7, 11) is 0. The van der Waals surface area contributed by atoms with Gasteiger partial charge in [0, 0.05) is 23.7 Å². The van der Waals surface area contributed by atoms with Gasteiger partial charge in [0.05, 0.1) is 0 Å². The highest BCUT2D eigenvalue weighted by molar-refractivity contribution is 6.01. The van der Waals surface area contributed by atoms with Crippen LogP contribution in [0.5, 0.6) is 5.75 Å². The topological polar surface area (TPSA) is 44.6 Å². The van der Waals surface area contributed by atoms with Crippen LogP contribution in [0.4, 0.5) is 0 Å². The molecule has 136 valence electrons. The summed E-state index contributed by atoms with van der Waals surface area (Å²) in [5.41, 5.74) is 4.61. The van der Waals surface area contributed by atoms with Crippen LogP contribution in [-0.4, -0.2) is 17.0 Å². The van der Waals surface area contributed by atoms with Gasteiger partial charge < -0.3 is 5.11 Å². The van der Waals surface area contributed by atoms with E-state index in [1.54, 1.807) is 6.07 Å². The molecule has 0 spiro atoms. The largest absolute Gasteiger partial charge is 0.508 e. The molecule has 26 heavy (non-hydrogen) atoms. The van der Waals surface area contributed by atoms with E-state index < -0.39 is 0 Å². The third-order valence-corrected chi connectivity index (χ3v) is 5.86. The molecule has 3 nitrogen and oxygen atoms in total. The zero-order chi connectivity index (χ0) is 17.9. The minimum atomic E-state index is 0.108. The van der Waals surface area contributed by atoms with Crippen molar-refractivity contribution in [3.63, 3.8) is 0 Å². The average molecular weight is 348 g/mol. The van der Waals surface area contributed by atoms with Crippen LogP contribution in [0, 0.1) is 12.8 Å². The SMILES string of the molecule is Cc1ccc(C2=NC(C3CCCCC3)NC(c3ccccc3O)C2)cc1. The Labute approximate surface area is 156 Å². The summed E-state index contributed by atoms with van der Waals surface area (Å²) in [6, 6.07) is 16.5. The number of phenolic OH excluding ortho intramolecular Hbond substituents is 1. The van der Waals surface area contributed by atoms with Gasteiger partial charge in [-0.3, -0.25) is 10.3 Å². The fraction of sp³-hybridized carbons (Fsp3) is 0.435. The van der Waals surface area contributed by atoms with Crippen LogP contribution >= 0.6 is 0 Å². The maximum atomic E-state index is 10.4. The number of nitrogens with zero attached hydrogens (tertiary/aromatic N) is 1. The van der Waals surface area contributed by atoms with Gasteiger partial charge in [-0.05, 0) is 37.3 Å². The fourth-order valence-electron chi connectivity index (χ4n) is 4.33. The van der Waals surface area contributed by atoms with Gasteiger partial charge in [0.1, 0.15) is 11.9 Å². The van der Waals surface area contributed by atoms with E-state index in [9.17, 15) is 5.11 Å². The first kappa shape index (κ1) is 17.3. The predicted molar refractivity (Wildman–Crippen MR) is 107 cm³/mol. The molecule has 2 unspecified atom stereocenters. The Morgan fingerprint density at radius 1 is 0.962 bits per heavy atom. The normalized spacial score (nSPS) is 24.3. The highest BCUT2D eigenvalue weighted by Crippen LogP contribution is 2.35. The summed E-state index contributed by atoms with van der Waals surface area (Å²) in [6.45, 7) is 2.11. The number of benzene rings is 2. The van der Waals surface area contributed by atoms with Crippen LogP contribution < -0.4 is 5.32 Å². The zero-order valence-corrected chi connectivity index (χ0v) is 15.5. The van der Waals surface area contributed by atoms with Crippen molar-refractivity contribution in [2.45, 2.75) is 57.7 Å². The highest BCUT2D eigenvalue weighted by Gasteiger charge is 2.31. The first-order valence-corrected chi connectivity index (χ1v) is 9.88. The van der Waals surface area contributed by atoms with Crippen LogP contribution in [0.15, 0.2) is 53.5 Å². The van der Waals surface area contributed by atoms with E-state index in [0.717, 1.165) is 17.7 Å². The molecule has 2 atom stereocenters. The molecule has 0 aromatic heterocycles. The summed E-state index contributed by atoms with van der Waals surface area (Å²) in [6.07, 6.45) is 7.40. The molecule has 4 rings (SSSR count). The maximum absolute atomic E-state index is 10.4. The number of nitrogens with one attached hydrogen (secondary N) is 1. The summed E-state index contributed by atoms with van der Waals surface area (Å²) in [5, 5.41) is 14.1. The van der Waals surface area contributed by atoms with Gasteiger partial charge in [0.2, 0.25) is 0 Å². The molecular formula is C23H28N2O. The van der Waals surface area contributed by atoms with Gasteiger partial charge in [-0.15, -0.1) is 0 Å². The van der Waals surface area contributed by atoms with Gasteiger partial charge in [0.15, 0.2) is 0 Å². The molecule has 1 saturated carbocycles. The number of aliphatic imine (C=N–C) groups is 1. The Morgan fingerprint density at radius 3 is 2.42 bits per heavy atom. The molecule has 0 amide bonds. The first-order valence-electron chi connectivity index (χ1n) is 9.88. The molecule has 1 fully saturated rings. The van der Waals surface area contributed by atoms with Gasteiger partial charge in [-0.1, -0.05) is 67.3 Å². The lowest BCUT2D eigenvalue weighted by atomic mass is 9.84. The van der Waals surface area contributed by atoms with E-state index in [0.29, 0.717) is 11.7 Å². The minimum absolute atomic E-state index is 0.108. The summed E-state index contributed by atoms with van der Waals surface area (Å²) >= 11 is 0. The van der Waals surface area contributed by atoms with Crippen molar-refractivity contribution in [3.8, 4) is 5.75 Å². The average Bonchev–Trinajstić information content (AvgIpc) is 2.69. The standard InChI is InChI=1S/C23H28N2O/c1-16-11-13-17(14-12-16)20-15-21(19-9-5-6-10-22(19)26)25-23(24-20)18-7-3-2-4-8-18/h5-6,9-14,18,21,23,25-26H,2-4,7-8,15H2,1H3. The van der Waals surface area contributed by atoms with E-state index in [2.05, 4.69) is 36.5 Å². The van der Waals surface area contributed by atoms with Crippen molar-refractivity contribution >= 4 is 5.71 Å². The molecule has 0 radical (unpaired) electrons. The van der Waals surface area contributed by atoms with Gasteiger partial charge >= 0.3 is 0 Å². The van der Waals surface area contributed by atoms with Crippen LogP contribution in [0.1, 0.15) is 61.3 Å². The second kappa shape index (κ2) is 7.63. The van der Waals surface area contributed by atoms with Crippen LogP contribution in [0.2, 0.25) is 0 Å². The minimum Gasteiger partial charge on any atom is -0.508 e. The van der Waals surface area contributed by atoms with Crippen LogP contribution in [-0.2, 0) is 0 Å². The number of hydrogen-bond donors (Lipinski definition) is 2. The van der Waals surface area contributed by atoms with Crippen molar-refractivity contribution in [2.75, 3.05) is 0 Å². The molecule has 2 aromatic carbocycles. The summed E-state index contributed by atoms with van der Waals surface area (Å²) < 4.78 is 0. The molecular weight excluding hydrogens is 320 g/mol. The first-order chi connectivity index (χ1) is 12.7. The van der Waals surface area contributed by atoms with Crippen molar-refractivity contribution in [2.24, 2.45) is 10.9 Å². The smallest absolute Gasteiger partial charge is 0.120 e. The van der Waals surface area contributed by atoms with E-state index >= 15 is 0 Å². The lowest BCUT2D eigenvalue weighted by Gasteiger charge is -2.36. The molecule has 0 saturated heterocycles. The number of aryl methyl sites for hydroxylation is 1. The molecule has 1 aliphatic carbocycles. The van der Waals surface area contributed by atoms with Crippen LogP contribution in [0.3, 0.4) is 0 Å². The Kier molecular flexibility index (Phi) is 5.07. The molecule has 0 bridgehead atoms. The Hall–Kier alpha value is -2.13. The van der Waals surface area contributed by atoms with E-state index in [1.165, 1.54) is 43.2 Å². The van der Waals surface area contributed by atoms with E-state index in [-0.39, 0.29) is 12.2 Å². The quantitative estimate of drug-likeness (QED) is 0.807. The number of aromatic hydroxyl groups is 1. The van der Waals surface area contributed by atoms with E-state index in [4.69, 9.17) is 4.99 Å². The zero-order valence-electron chi connectivity index (χ0n) is 15.5. The van der Waals surface area contributed by atoms with Crippen LogP contribution in [0.25, 0.3) is 0 Å². The van der Waals surface area contributed by atoms with Crippen molar-refractivity contribution in [3.05, 3.63) is 65.2 Å². The van der Waals surface area contributed by atoms with Gasteiger partial charge in [0.25, 0.3) is 0 Å². The monoisotopic (exact) mass is 348 g/mol. The summed E-state index contributed by atoms with van der Waals surface area (Å²) in [5.74, 6) is 0.968. The van der Waals surface area contributed by atoms with Gasteiger partial charge in [-0.2, -0.15) is 0 Å². The van der Waals surface area contributed by atoms with Gasteiger partial charge in [-0.25, -0.2) is 0 Å². The maximum Gasteiger partial charge on any atom is 0.120 e. The molecule has 2 aliphatic rings. The Balaban J connectivity index is 1.67. The fourth-order valence-corrected chi connectivity index (χ4v) is 4.33. The Bertz CT molecular complexity index is 775. The second-order valence-corrected chi connectivity index (χ2v) is 7.77. The summed E-state index contributed by atoms with van der Waals surface area (Å²) in [4.78, 5) is 5.13. The Morgan fingerprint density at radius 2 is 1.69 bits per heavy atom. The highest BCUT2D eigenvalue weighted by atomic mass is 16.3. The lowest BCUT2D eigenvalue weighted by Crippen LogP contribution is -2.43. The van der Waals surface area contributed by atoms with E-state index in [1.807, 2.05) is 18.2 Å². The predicted octanol–water partition coefficient (Wildman–Crippen LogP) is 5.13. The number of para-hydroxylation sites is 1. The van der Waals surface area contributed by atoms with Crippen molar-refractivity contribution in [1.82, 2.24) is 5.32 Å². The number of hydrogen-bond acceptors (Lipinski definition) is 3.